The number of anilines is 1. The smallest absolute Gasteiger partial charge is 0.0738 e. The third kappa shape index (κ3) is 2.31. The van der Waals surface area contributed by atoms with Gasteiger partial charge in [0.15, 0.2) is 0 Å². The summed E-state index contributed by atoms with van der Waals surface area (Å²) in [7, 11) is 0. The highest BCUT2D eigenvalue weighted by atomic mass is 35.5. The number of nitrogens with zero attached hydrogens (tertiary/aromatic N) is 2. The molecule has 3 rings (SSSR count). The van der Waals surface area contributed by atoms with Gasteiger partial charge in [-0.3, -0.25) is 4.98 Å². The Labute approximate surface area is 117 Å². The van der Waals surface area contributed by atoms with Crippen LogP contribution in [0, 0.1) is 0 Å². The monoisotopic (exact) mass is 274 g/mol. The fraction of sp³-hybridized carbons (Fsp3) is 0.267. The fourth-order valence-corrected chi connectivity index (χ4v) is 2.62. The molecule has 98 valence electrons. The van der Waals surface area contributed by atoms with Gasteiger partial charge in [-0.25, -0.2) is 0 Å². The van der Waals surface area contributed by atoms with Crippen molar-refractivity contribution in [2.45, 2.75) is 0 Å². The Morgan fingerprint density at radius 2 is 2.11 bits per heavy atom. The molecule has 3 nitrogen and oxygen atoms in total. The first kappa shape index (κ1) is 12.5. The lowest BCUT2D eigenvalue weighted by Gasteiger charge is -2.31. The van der Waals surface area contributed by atoms with Gasteiger partial charge < -0.3 is 9.64 Å². The van der Waals surface area contributed by atoms with E-state index in [0.29, 0.717) is 5.02 Å². The molecule has 0 amide bonds. The summed E-state index contributed by atoms with van der Waals surface area (Å²) >= 11 is 6.04. The summed E-state index contributed by atoms with van der Waals surface area (Å²) < 4.78 is 5.42. The van der Waals surface area contributed by atoms with Crippen molar-refractivity contribution in [1.82, 2.24) is 4.98 Å². The Morgan fingerprint density at radius 3 is 2.84 bits per heavy atom. The maximum absolute atomic E-state index is 6.04. The van der Waals surface area contributed by atoms with Crippen molar-refractivity contribution in [3.05, 3.63) is 41.6 Å². The summed E-state index contributed by atoms with van der Waals surface area (Å²) in [4.78, 5) is 6.79. The zero-order valence-corrected chi connectivity index (χ0v) is 11.4. The quantitative estimate of drug-likeness (QED) is 0.840. The molecule has 0 spiro atoms. The average Bonchev–Trinajstić information content (AvgIpc) is 2.46. The van der Waals surface area contributed by atoms with Crippen LogP contribution in [-0.4, -0.2) is 31.3 Å². The second kappa shape index (κ2) is 5.19. The minimum absolute atomic E-state index is 0.708. The molecule has 1 aliphatic heterocycles. The number of morpholine rings is 1. The molecular formula is C15H15ClN2O. The molecule has 2 heterocycles. The predicted molar refractivity (Wildman–Crippen MR) is 79.9 cm³/mol. The van der Waals surface area contributed by atoms with E-state index >= 15 is 0 Å². The number of fused-ring (bicyclic) bond motifs is 1. The second-order valence-electron chi connectivity index (χ2n) is 4.53. The lowest BCUT2D eigenvalue weighted by molar-refractivity contribution is 0.123. The molecule has 0 radical (unpaired) electrons. The number of hydrogen-bond donors (Lipinski definition) is 0. The van der Waals surface area contributed by atoms with Crippen LogP contribution in [0.2, 0.25) is 5.02 Å². The SMILES string of the molecule is C=Cc1cnc2cc(Cl)ccc2c1N1CCOCC1. The number of pyridine rings is 1. The molecule has 0 atom stereocenters. The van der Waals surface area contributed by atoms with Gasteiger partial charge >= 0.3 is 0 Å². The summed E-state index contributed by atoms with van der Waals surface area (Å²) in [6.45, 7) is 7.19. The molecule has 1 saturated heterocycles. The summed E-state index contributed by atoms with van der Waals surface area (Å²) in [6, 6.07) is 5.83. The van der Waals surface area contributed by atoms with Crippen LogP contribution in [0.15, 0.2) is 31.0 Å². The van der Waals surface area contributed by atoms with E-state index in [4.69, 9.17) is 16.3 Å². The number of aromatic nitrogens is 1. The Hall–Kier alpha value is -1.58. The highest BCUT2D eigenvalue weighted by Crippen LogP contribution is 2.32. The first-order valence-corrected chi connectivity index (χ1v) is 6.71. The van der Waals surface area contributed by atoms with Gasteiger partial charge in [0.1, 0.15) is 0 Å². The molecule has 1 aromatic carbocycles. The normalized spacial score (nSPS) is 15.7. The zero-order chi connectivity index (χ0) is 13.2. The zero-order valence-electron chi connectivity index (χ0n) is 10.6. The molecule has 2 aromatic rings. The van der Waals surface area contributed by atoms with Crippen LogP contribution in [0.3, 0.4) is 0 Å². The van der Waals surface area contributed by atoms with Gasteiger partial charge in [0.2, 0.25) is 0 Å². The summed E-state index contributed by atoms with van der Waals surface area (Å²) in [5.41, 5.74) is 3.15. The standard InChI is InChI=1S/C15H15ClN2O/c1-2-11-10-17-14-9-12(16)3-4-13(14)15(11)18-5-7-19-8-6-18/h2-4,9-10H,1,5-8H2. The van der Waals surface area contributed by atoms with E-state index in [1.165, 1.54) is 5.69 Å². The molecule has 0 unspecified atom stereocenters. The van der Waals surface area contributed by atoms with Gasteiger partial charge in [0, 0.05) is 35.3 Å². The lowest BCUT2D eigenvalue weighted by Crippen LogP contribution is -2.36. The molecule has 0 N–H and O–H groups in total. The maximum Gasteiger partial charge on any atom is 0.0738 e. The van der Waals surface area contributed by atoms with Crippen molar-refractivity contribution in [3.63, 3.8) is 0 Å². The molecular weight excluding hydrogens is 260 g/mol. The first-order valence-electron chi connectivity index (χ1n) is 6.33. The average molecular weight is 275 g/mol. The molecule has 0 bridgehead atoms. The number of hydrogen-bond acceptors (Lipinski definition) is 3. The fourth-order valence-electron chi connectivity index (χ4n) is 2.46. The van der Waals surface area contributed by atoms with Crippen molar-refractivity contribution in [2.75, 3.05) is 31.2 Å². The molecule has 1 fully saturated rings. The van der Waals surface area contributed by atoms with Crippen LogP contribution in [0.25, 0.3) is 17.0 Å². The number of benzene rings is 1. The number of ether oxygens (including phenoxy) is 1. The van der Waals surface area contributed by atoms with Gasteiger partial charge in [-0.2, -0.15) is 0 Å². The Morgan fingerprint density at radius 1 is 1.32 bits per heavy atom. The molecule has 0 aliphatic carbocycles. The van der Waals surface area contributed by atoms with Crippen molar-refractivity contribution >= 4 is 34.3 Å². The van der Waals surface area contributed by atoms with Crippen molar-refractivity contribution in [3.8, 4) is 0 Å². The lowest BCUT2D eigenvalue weighted by atomic mass is 10.1. The number of rotatable bonds is 2. The molecule has 1 aliphatic rings. The van der Waals surface area contributed by atoms with Crippen molar-refractivity contribution < 1.29 is 4.74 Å². The summed E-state index contributed by atoms with van der Waals surface area (Å²) in [5.74, 6) is 0. The van der Waals surface area contributed by atoms with Crippen LogP contribution in [-0.2, 0) is 4.74 Å². The van der Waals surface area contributed by atoms with E-state index in [0.717, 1.165) is 42.8 Å². The minimum atomic E-state index is 0.708. The van der Waals surface area contributed by atoms with E-state index < -0.39 is 0 Å². The highest BCUT2D eigenvalue weighted by molar-refractivity contribution is 6.31. The third-order valence-corrected chi connectivity index (χ3v) is 3.61. The summed E-state index contributed by atoms with van der Waals surface area (Å²) in [5, 5.41) is 1.82. The van der Waals surface area contributed by atoms with Crippen LogP contribution in [0.1, 0.15) is 5.56 Å². The Balaban J connectivity index is 2.20. The van der Waals surface area contributed by atoms with Crippen molar-refractivity contribution in [2.24, 2.45) is 0 Å². The van der Waals surface area contributed by atoms with Gasteiger partial charge in [-0.05, 0) is 18.2 Å². The van der Waals surface area contributed by atoms with Crippen LogP contribution in [0.5, 0.6) is 0 Å². The minimum Gasteiger partial charge on any atom is -0.378 e. The topological polar surface area (TPSA) is 25.4 Å². The van der Waals surface area contributed by atoms with E-state index in [-0.39, 0.29) is 0 Å². The van der Waals surface area contributed by atoms with Crippen LogP contribution < -0.4 is 4.90 Å². The molecule has 4 heteroatoms. The van der Waals surface area contributed by atoms with E-state index in [1.807, 2.05) is 30.5 Å². The van der Waals surface area contributed by atoms with Crippen LogP contribution >= 0.6 is 11.6 Å². The molecule has 1 aromatic heterocycles. The van der Waals surface area contributed by atoms with Gasteiger partial charge in [-0.15, -0.1) is 0 Å². The largest absolute Gasteiger partial charge is 0.378 e. The van der Waals surface area contributed by atoms with E-state index in [2.05, 4.69) is 16.5 Å². The second-order valence-corrected chi connectivity index (χ2v) is 4.96. The Kier molecular flexibility index (Phi) is 3.40. The van der Waals surface area contributed by atoms with Gasteiger partial charge in [0.05, 0.1) is 24.4 Å². The van der Waals surface area contributed by atoms with Crippen molar-refractivity contribution in [1.29, 1.82) is 0 Å². The van der Waals surface area contributed by atoms with Gasteiger partial charge in [0.25, 0.3) is 0 Å². The van der Waals surface area contributed by atoms with Crippen LogP contribution in [0.4, 0.5) is 5.69 Å². The van der Waals surface area contributed by atoms with E-state index in [9.17, 15) is 0 Å². The molecule has 0 saturated carbocycles. The molecule has 19 heavy (non-hydrogen) atoms. The maximum atomic E-state index is 6.04. The first-order chi connectivity index (χ1) is 9.29. The van der Waals surface area contributed by atoms with Gasteiger partial charge in [-0.1, -0.05) is 24.3 Å². The predicted octanol–water partition coefficient (Wildman–Crippen LogP) is 3.37. The third-order valence-electron chi connectivity index (χ3n) is 3.38. The number of halogens is 1. The summed E-state index contributed by atoms with van der Waals surface area (Å²) in [6.07, 6.45) is 3.71. The Bertz CT molecular complexity index is 621. The van der Waals surface area contributed by atoms with E-state index in [1.54, 1.807) is 0 Å². The highest BCUT2D eigenvalue weighted by Gasteiger charge is 2.17.